The quantitative estimate of drug-likeness (QED) is 0.885. The number of nitrogens with two attached hydrogens (primary N) is 1. The van der Waals surface area contributed by atoms with E-state index < -0.39 is 12.2 Å². The molecule has 2 unspecified atom stereocenters. The molecule has 1 saturated carbocycles. The Bertz CT molecular complexity index is 512. The third-order valence-electron chi connectivity index (χ3n) is 3.90. The van der Waals surface area contributed by atoms with Gasteiger partial charge in [0.1, 0.15) is 5.75 Å². The fraction of sp³-hybridized carbons (Fsp3) is 0.533. The number of alkyl halides is 2. The summed E-state index contributed by atoms with van der Waals surface area (Å²) in [5.74, 6) is -0.429. The lowest BCUT2D eigenvalue weighted by Crippen LogP contribution is -2.51. The number of nitrogens with one attached hydrogen (secondary N) is 1. The molecule has 1 aromatic rings. The molecule has 0 saturated heterocycles. The number of ether oxygens (including phenoxy) is 1. The van der Waals surface area contributed by atoms with Crippen LogP contribution in [0.3, 0.4) is 0 Å². The zero-order valence-electron chi connectivity index (χ0n) is 12.4. The number of anilines is 1. The Labute approximate surface area is 134 Å². The topological polar surface area (TPSA) is 64.4 Å². The third-order valence-corrected chi connectivity index (χ3v) is 3.90. The molecule has 22 heavy (non-hydrogen) atoms. The molecule has 1 aromatic carbocycles. The van der Waals surface area contributed by atoms with E-state index in [-0.39, 0.29) is 30.0 Å². The molecule has 3 N–H and O–H groups in total. The van der Waals surface area contributed by atoms with Crippen LogP contribution >= 0.6 is 12.4 Å². The van der Waals surface area contributed by atoms with E-state index >= 15 is 0 Å². The molecule has 2 rings (SSSR count). The predicted molar refractivity (Wildman–Crippen MR) is 83.5 cm³/mol. The summed E-state index contributed by atoms with van der Waals surface area (Å²) in [5.41, 5.74) is 6.09. The summed E-state index contributed by atoms with van der Waals surface area (Å²) in [6.07, 6.45) is 3.54. The van der Waals surface area contributed by atoms with Gasteiger partial charge < -0.3 is 15.8 Å². The standard InChI is InChI=1S/C15H20F2N2O2.ClH/c1-15(18)8-3-2-7-12(15)13(20)19-10-5-4-6-11(9-10)21-14(16)17;/h4-6,9,12,14H,2-3,7-8,18H2,1H3,(H,19,20);1H. The van der Waals surface area contributed by atoms with Gasteiger partial charge in [-0.05, 0) is 31.9 Å². The van der Waals surface area contributed by atoms with Crippen LogP contribution in [0.15, 0.2) is 24.3 Å². The van der Waals surface area contributed by atoms with Crippen molar-refractivity contribution in [3.05, 3.63) is 24.3 Å². The number of rotatable bonds is 4. The Hall–Kier alpha value is -1.40. The van der Waals surface area contributed by atoms with Crippen LogP contribution in [-0.2, 0) is 4.79 Å². The second-order valence-corrected chi connectivity index (χ2v) is 5.70. The highest BCUT2D eigenvalue weighted by Gasteiger charge is 2.37. The summed E-state index contributed by atoms with van der Waals surface area (Å²) < 4.78 is 28.7. The van der Waals surface area contributed by atoms with Crippen LogP contribution in [0, 0.1) is 5.92 Å². The van der Waals surface area contributed by atoms with Gasteiger partial charge in [0.05, 0.1) is 5.92 Å². The maximum Gasteiger partial charge on any atom is 0.387 e. The first-order chi connectivity index (χ1) is 9.88. The number of carbonyl (C=O) groups excluding carboxylic acids is 1. The summed E-state index contributed by atoms with van der Waals surface area (Å²) in [7, 11) is 0. The van der Waals surface area contributed by atoms with Gasteiger partial charge in [-0.25, -0.2) is 0 Å². The average Bonchev–Trinajstić information content (AvgIpc) is 2.37. The van der Waals surface area contributed by atoms with Crippen molar-refractivity contribution in [2.75, 3.05) is 5.32 Å². The van der Waals surface area contributed by atoms with Gasteiger partial charge in [-0.1, -0.05) is 18.9 Å². The van der Waals surface area contributed by atoms with Crippen LogP contribution in [0.5, 0.6) is 5.75 Å². The van der Waals surface area contributed by atoms with E-state index in [1.54, 1.807) is 12.1 Å². The zero-order chi connectivity index (χ0) is 15.5. The van der Waals surface area contributed by atoms with E-state index in [1.807, 2.05) is 6.92 Å². The molecule has 124 valence electrons. The van der Waals surface area contributed by atoms with Gasteiger partial charge in [0, 0.05) is 17.3 Å². The second kappa shape index (κ2) is 7.74. The lowest BCUT2D eigenvalue weighted by Gasteiger charge is -2.37. The van der Waals surface area contributed by atoms with Gasteiger partial charge in [-0.2, -0.15) is 8.78 Å². The molecular weight excluding hydrogens is 314 g/mol. The monoisotopic (exact) mass is 334 g/mol. The fourth-order valence-corrected chi connectivity index (χ4v) is 2.77. The minimum atomic E-state index is -2.89. The van der Waals surface area contributed by atoms with Crippen molar-refractivity contribution in [1.82, 2.24) is 0 Å². The second-order valence-electron chi connectivity index (χ2n) is 5.70. The Kier molecular flexibility index (Phi) is 6.56. The Morgan fingerprint density at radius 2 is 2.18 bits per heavy atom. The van der Waals surface area contributed by atoms with Gasteiger partial charge in [0.25, 0.3) is 0 Å². The molecule has 0 aromatic heterocycles. The van der Waals surface area contributed by atoms with Crippen molar-refractivity contribution < 1.29 is 18.3 Å². The van der Waals surface area contributed by atoms with Gasteiger partial charge in [0.15, 0.2) is 0 Å². The van der Waals surface area contributed by atoms with E-state index in [0.29, 0.717) is 5.69 Å². The van der Waals surface area contributed by atoms with E-state index in [2.05, 4.69) is 10.1 Å². The largest absolute Gasteiger partial charge is 0.435 e. The molecule has 0 bridgehead atoms. The molecule has 1 fully saturated rings. The molecule has 0 radical (unpaired) electrons. The molecule has 2 atom stereocenters. The number of hydrogen-bond donors (Lipinski definition) is 2. The summed E-state index contributed by atoms with van der Waals surface area (Å²) in [5, 5.41) is 2.74. The molecular formula is C15H21ClF2N2O2. The van der Waals surface area contributed by atoms with E-state index in [4.69, 9.17) is 5.73 Å². The first kappa shape index (κ1) is 18.6. The summed E-state index contributed by atoms with van der Waals surface area (Å²) >= 11 is 0. The van der Waals surface area contributed by atoms with Gasteiger partial charge in [-0.3, -0.25) is 4.79 Å². The minimum absolute atomic E-state index is 0. The van der Waals surface area contributed by atoms with Crippen molar-refractivity contribution in [1.29, 1.82) is 0 Å². The van der Waals surface area contributed by atoms with Crippen LogP contribution < -0.4 is 15.8 Å². The maximum absolute atomic E-state index is 12.3. The highest BCUT2D eigenvalue weighted by atomic mass is 35.5. The molecule has 0 spiro atoms. The highest BCUT2D eigenvalue weighted by molar-refractivity contribution is 5.93. The first-order valence-electron chi connectivity index (χ1n) is 7.03. The molecule has 1 aliphatic rings. The van der Waals surface area contributed by atoms with Crippen molar-refractivity contribution in [3.63, 3.8) is 0 Å². The average molecular weight is 335 g/mol. The third kappa shape index (κ3) is 4.81. The van der Waals surface area contributed by atoms with Crippen LogP contribution in [-0.4, -0.2) is 18.1 Å². The van der Waals surface area contributed by atoms with E-state index in [1.165, 1.54) is 12.1 Å². The maximum atomic E-state index is 12.3. The molecule has 1 amide bonds. The predicted octanol–water partition coefficient (Wildman–Crippen LogP) is 3.56. The number of hydrogen-bond acceptors (Lipinski definition) is 3. The highest BCUT2D eigenvalue weighted by Crippen LogP contribution is 2.32. The van der Waals surface area contributed by atoms with Gasteiger partial charge >= 0.3 is 6.61 Å². The summed E-state index contributed by atoms with van der Waals surface area (Å²) in [4.78, 5) is 12.3. The van der Waals surface area contributed by atoms with E-state index in [0.717, 1.165) is 25.7 Å². The Balaban J connectivity index is 0.00000242. The number of benzene rings is 1. The van der Waals surface area contributed by atoms with Gasteiger partial charge in [-0.15, -0.1) is 12.4 Å². The van der Waals surface area contributed by atoms with Crippen LogP contribution in [0.4, 0.5) is 14.5 Å². The Morgan fingerprint density at radius 3 is 2.82 bits per heavy atom. The number of amides is 1. The van der Waals surface area contributed by atoms with Crippen LogP contribution in [0.1, 0.15) is 32.6 Å². The van der Waals surface area contributed by atoms with Crippen molar-refractivity contribution >= 4 is 24.0 Å². The van der Waals surface area contributed by atoms with Crippen molar-refractivity contribution in [3.8, 4) is 5.75 Å². The normalized spacial score (nSPS) is 24.5. The lowest BCUT2D eigenvalue weighted by atomic mass is 9.74. The molecule has 7 heteroatoms. The first-order valence-corrected chi connectivity index (χ1v) is 7.03. The minimum Gasteiger partial charge on any atom is -0.435 e. The summed E-state index contributed by atoms with van der Waals surface area (Å²) in [6, 6.07) is 5.97. The van der Waals surface area contributed by atoms with Crippen molar-refractivity contribution in [2.45, 2.75) is 44.8 Å². The SMILES string of the molecule is CC1(N)CCCCC1C(=O)Nc1cccc(OC(F)F)c1.Cl. The molecule has 0 heterocycles. The molecule has 4 nitrogen and oxygen atoms in total. The van der Waals surface area contributed by atoms with Crippen LogP contribution in [0.2, 0.25) is 0 Å². The van der Waals surface area contributed by atoms with Crippen molar-refractivity contribution in [2.24, 2.45) is 11.7 Å². The van der Waals surface area contributed by atoms with Gasteiger partial charge in [0.2, 0.25) is 5.91 Å². The van der Waals surface area contributed by atoms with E-state index in [9.17, 15) is 13.6 Å². The molecule has 1 aliphatic carbocycles. The van der Waals surface area contributed by atoms with Crippen LogP contribution in [0.25, 0.3) is 0 Å². The fourth-order valence-electron chi connectivity index (χ4n) is 2.77. The Morgan fingerprint density at radius 1 is 1.45 bits per heavy atom. The lowest BCUT2D eigenvalue weighted by molar-refractivity contribution is -0.122. The number of carbonyl (C=O) groups is 1. The molecule has 0 aliphatic heterocycles. The zero-order valence-corrected chi connectivity index (χ0v) is 13.2. The smallest absolute Gasteiger partial charge is 0.387 e. The summed E-state index contributed by atoms with van der Waals surface area (Å²) in [6.45, 7) is -1.01. The number of halogens is 3.